The van der Waals surface area contributed by atoms with E-state index in [1.807, 2.05) is 0 Å². The second-order valence-electron chi connectivity index (χ2n) is 3.79. The van der Waals surface area contributed by atoms with Crippen molar-refractivity contribution in [1.29, 1.82) is 0 Å². The van der Waals surface area contributed by atoms with Gasteiger partial charge in [-0.3, -0.25) is 4.99 Å². The molecule has 1 N–H and O–H groups in total. The molecule has 0 aliphatic carbocycles. The van der Waals surface area contributed by atoms with Crippen molar-refractivity contribution < 1.29 is 13.2 Å². The van der Waals surface area contributed by atoms with E-state index in [1.165, 1.54) is 0 Å². The second-order valence-corrected chi connectivity index (χ2v) is 4.88. The van der Waals surface area contributed by atoms with E-state index in [0.29, 0.717) is 6.04 Å². The molecule has 94 valence electrons. The molecule has 0 aromatic carbocycles. The summed E-state index contributed by atoms with van der Waals surface area (Å²) in [6, 6.07) is 0.433. The second kappa shape index (κ2) is 6.37. The van der Waals surface area contributed by atoms with Crippen molar-refractivity contribution in [2.45, 2.75) is 44.8 Å². The molecule has 1 saturated heterocycles. The van der Waals surface area contributed by atoms with Gasteiger partial charge in [0.25, 0.3) is 0 Å². The molecular formula is C10H17F3N2S. The molecule has 1 heterocycles. The molecule has 1 atom stereocenters. The third-order valence-electron chi connectivity index (χ3n) is 2.40. The summed E-state index contributed by atoms with van der Waals surface area (Å²) in [6.45, 7) is 2.35. The summed E-state index contributed by atoms with van der Waals surface area (Å²) in [5, 5.41) is 4.04. The van der Waals surface area contributed by atoms with Crippen LogP contribution in [0, 0.1) is 0 Å². The van der Waals surface area contributed by atoms with E-state index in [1.54, 1.807) is 11.8 Å². The average molecular weight is 254 g/mol. The van der Waals surface area contributed by atoms with E-state index in [2.05, 4.69) is 17.2 Å². The van der Waals surface area contributed by atoms with Crippen molar-refractivity contribution in [3.63, 3.8) is 0 Å². The lowest BCUT2D eigenvalue weighted by molar-refractivity contribution is -0.134. The molecule has 0 aromatic rings. The molecule has 0 radical (unpaired) electrons. The van der Waals surface area contributed by atoms with Crippen LogP contribution in [-0.4, -0.2) is 29.7 Å². The van der Waals surface area contributed by atoms with Crippen LogP contribution in [0.2, 0.25) is 0 Å². The number of alkyl halides is 3. The van der Waals surface area contributed by atoms with Crippen molar-refractivity contribution >= 4 is 16.9 Å². The number of amidine groups is 1. The molecule has 16 heavy (non-hydrogen) atoms. The Kier molecular flexibility index (Phi) is 5.44. The maximum Gasteiger partial charge on any atom is 0.389 e. The predicted octanol–water partition coefficient (Wildman–Crippen LogP) is 3.19. The van der Waals surface area contributed by atoms with Gasteiger partial charge in [-0.25, -0.2) is 0 Å². The first-order valence-electron chi connectivity index (χ1n) is 5.52. The highest BCUT2D eigenvalue weighted by molar-refractivity contribution is 8.13. The van der Waals surface area contributed by atoms with Crippen LogP contribution in [0.3, 0.4) is 0 Å². The SMILES string of the molecule is CCC1CCSC(=NCCCC(F)(F)F)N1. The summed E-state index contributed by atoms with van der Waals surface area (Å²) >= 11 is 1.60. The predicted molar refractivity (Wildman–Crippen MR) is 61.9 cm³/mol. The summed E-state index contributed by atoms with van der Waals surface area (Å²) in [5.41, 5.74) is 0. The maximum absolute atomic E-state index is 11.9. The number of hydrogen-bond acceptors (Lipinski definition) is 2. The quantitative estimate of drug-likeness (QED) is 0.779. The fourth-order valence-corrected chi connectivity index (χ4v) is 2.47. The molecule has 1 rings (SSSR count). The summed E-state index contributed by atoms with van der Waals surface area (Å²) in [6.07, 6.45) is -2.60. The third-order valence-corrected chi connectivity index (χ3v) is 3.36. The topological polar surface area (TPSA) is 24.4 Å². The zero-order valence-corrected chi connectivity index (χ0v) is 10.1. The Morgan fingerprint density at radius 1 is 1.50 bits per heavy atom. The monoisotopic (exact) mass is 254 g/mol. The number of nitrogens with zero attached hydrogens (tertiary/aromatic N) is 1. The Morgan fingerprint density at radius 2 is 2.25 bits per heavy atom. The van der Waals surface area contributed by atoms with Crippen molar-refractivity contribution in [3.8, 4) is 0 Å². The van der Waals surface area contributed by atoms with Crippen LogP contribution in [0.4, 0.5) is 13.2 Å². The van der Waals surface area contributed by atoms with Crippen LogP contribution in [-0.2, 0) is 0 Å². The summed E-state index contributed by atoms with van der Waals surface area (Å²) in [4.78, 5) is 4.15. The molecule has 2 nitrogen and oxygen atoms in total. The van der Waals surface area contributed by atoms with Crippen LogP contribution in [0.25, 0.3) is 0 Å². The van der Waals surface area contributed by atoms with E-state index in [0.717, 1.165) is 23.8 Å². The minimum absolute atomic E-state index is 0.0754. The number of nitrogens with one attached hydrogen (secondary N) is 1. The summed E-state index contributed by atoms with van der Waals surface area (Å²) < 4.78 is 35.6. The zero-order chi connectivity index (χ0) is 12.0. The summed E-state index contributed by atoms with van der Waals surface area (Å²) in [5.74, 6) is 1.00. The van der Waals surface area contributed by atoms with Crippen molar-refractivity contribution in [3.05, 3.63) is 0 Å². The molecule has 1 aliphatic rings. The molecule has 1 aliphatic heterocycles. The number of halogens is 3. The highest BCUT2D eigenvalue weighted by Gasteiger charge is 2.25. The first kappa shape index (κ1) is 13.7. The minimum atomic E-state index is -4.06. The zero-order valence-electron chi connectivity index (χ0n) is 9.31. The average Bonchev–Trinajstić information content (AvgIpc) is 2.23. The number of aliphatic imine (C=N–C) groups is 1. The summed E-state index contributed by atoms with van der Waals surface area (Å²) in [7, 11) is 0. The minimum Gasteiger partial charge on any atom is -0.362 e. The molecule has 1 unspecified atom stereocenters. The molecule has 0 bridgehead atoms. The first-order chi connectivity index (χ1) is 7.51. The Hall–Kier alpha value is -0.390. The van der Waals surface area contributed by atoms with Gasteiger partial charge in [-0.15, -0.1) is 0 Å². The van der Waals surface area contributed by atoms with Gasteiger partial charge in [0, 0.05) is 24.8 Å². The highest BCUT2D eigenvalue weighted by atomic mass is 32.2. The van der Waals surface area contributed by atoms with Gasteiger partial charge < -0.3 is 5.32 Å². The maximum atomic E-state index is 11.9. The van der Waals surface area contributed by atoms with Gasteiger partial charge in [-0.1, -0.05) is 18.7 Å². The molecule has 0 amide bonds. The number of hydrogen-bond donors (Lipinski definition) is 1. The lowest BCUT2D eigenvalue weighted by Gasteiger charge is -2.24. The largest absolute Gasteiger partial charge is 0.389 e. The molecular weight excluding hydrogens is 237 g/mol. The lowest BCUT2D eigenvalue weighted by Crippen LogP contribution is -2.37. The van der Waals surface area contributed by atoms with Crippen molar-refractivity contribution in [1.82, 2.24) is 5.32 Å². The standard InChI is InChI=1S/C10H17F3N2S/c1-2-8-4-7-16-9(15-8)14-6-3-5-10(11,12)13/h8H,2-7H2,1H3,(H,14,15). The van der Waals surface area contributed by atoms with Gasteiger partial charge >= 0.3 is 6.18 Å². The van der Waals surface area contributed by atoms with Gasteiger partial charge in [0.2, 0.25) is 0 Å². The molecule has 0 aromatic heterocycles. The van der Waals surface area contributed by atoms with E-state index in [-0.39, 0.29) is 13.0 Å². The molecule has 1 fully saturated rings. The van der Waals surface area contributed by atoms with Crippen molar-refractivity contribution in [2.75, 3.05) is 12.3 Å². The number of rotatable bonds is 4. The Bertz CT molecular complexity index is 241. The Labute approximate surface area is 98.1 Å². The van der Waals surface area contributed by atoms with Crippen LogP contribution in [0.15, 0.2) is 4.99 Å². The normalized spacial score (nSPS) is 24.5. The van der Waals surface area contributed by atoms with Gasteiger partial charge in [0.1, 0.15) is 0 Å². The van der Waals surface area contributed by atoms with Crippen LogP contribution in [0.1, 0.15) is 32.6 Å². The van der Waals surface area contributed by atoms with E-state index >= 15 is 0 Å². The van der Waals surface area contributed by atoms with Crippen molar-refractivity contribution in [2.24, 2.45) is 4.99 Å². The van der Waals surface area contributed by atoms with Gasteiger partial charge in [0.05, 0.1) is 0 Å². The Balaban J connectivity index is 2.23. The molecule has 0 spiro atoms. The van der Waals surface area contributed by atoms with Gasteiger partial charge in [-0.05, 0) is 19.3 Å². The lowest BCUT2D eigenvalue weighted by atomic mass is 10.2. The van der Waals surface area contributed by atoms with Crippen LogP contribution < -0.4 is 5.32 Å². The number of thioether (sulfide) groups is 1. The third kappa shape index (κ3) is 5.63. The van der Waals surface area contributed by atoms with Gasteiger partial charge in [-0.2, -0.15) is 13.2 Å². The van der Waals surface area contributed by atoms with Gasteiger partial charge in [0.15, 0.2) is 5.17 Å². The van der Waals surface area contributed by atoms with Crippen LogP contribution in [0.5, 0.6) is 0 Å². The van der Waals surface area contributed by atoms with E-state index < -0.39 is 12.6 Å². The fraction of sp³-hybridized carbons (Fsp3) is 0.900. The molecule has 6 heteroatoms. The first-order valence-corrected chi connectivity index (χ1v) is 6.50. The van der Waals surface area contributed by atoms with E-state index in [4.69, 9.17) is 0 Å². The molecule has 0 saturated carbocycles. The smallest absolute Gasteiger partial charge is 0.362 e. The van der Waals surface area contributed by atoms with Crippen LogP contribution >= 0.6 is 11.8 Å². The van der Waals surface area contributed by atoms with E-state index in [9.17, 15) is 13.2 Å². The fourth-order valence-electron chi connectivity index (χ4n) is 1.44. The highest BCUT2D eigenvalue weighted by Crippen LogP contribution is 2.21. The Morgan fingerprint density at radius 3 is 2.88 bits per heavy atom.